The number of nitrogens with two attached hydrogens (primary N) is 1. The average Bonchev–Trinajstić information content (AvgIpc) is 3.03. The minimum atomic E-state index is -0.658. The van der Waals surface area contributed by atoms with Gasteiger partial charge in [0.05, 0.1) is 11.8 Å². The van der Waals surface area contributed by atoms with E-state index in [1.54, 1.807) is 18.2 Å². The molecule has 0 saturated carbocycles. The van der Waals surface area contributed by atoms with Gasteiger partial charge in [-0.3, -0.25) is 9.59 Å². The number of amides is 2. The van der Waals surface area contributed by atoms with Crippen LogP contribution in [-0.4, -0.2) is 29.0 Å². The predicted molar refractivity (Wildman–Crippen MR) is 114 cm³/mol. The van der Waals surface area contributed by atoms with E-state index in [0.29, 0.717) is 36.1 Å². The van der Waals surface area contributed by atoms with E-state index < -0.39 is 12.1 Å². The van der Waals surface area contributed by atoms with Crippen LogP contribution in [0.25, 0.3) is 10.8 Å². The molecule has 1 aliphatic rings. The van der Waals surface area contributed by atoms with Crippen molar-refractivity contribution in [3.63, 3.8) is 0 Å². The number of fused-ring (bicyclic) bond motifs is 1. The smallest absolute Gasteiger partial charge is 0.316 e. The first kappa shape index (κ1) is 21.5. The number of benzene rings is 2. The van der Waals surface area contributed by atoms with Gasteiger partial charge in [-0.25, -0.2) is 4.79 Å². The number of carbonyl (C=O) groups excluding carboxylic acids is 3. The molecule has 0 spiro atoms. The van der Waals surface area contributed by atoms with Crippen LogP contribution in [0, 0.1) is 0 Å². The highest BCUT2D eigenvalue weighted by Crippen LogP contribution is 2.32. The van der Waals surface area contributed by atoms with Gasteiger partial charge < -0.3 is 20.9 Å². The zero-order valence-corrected chi connectivity index (χ0v) is 16.7. The summed E-state index contributed by atoms with van der Waals surface area (Å²) in [6, 6.07) is 9.95. The van der Waals surface area contributed by atoms with Gasteiger partial charge in [-0.2, -0.15) is 0 Å². The summed E-state index contributed by atoms with van der Waals surface area (Å²) in [5.74, 6) is 0.166. The van der Waals surface area contributed by atoms with Gasteiger partial charge in [0.2, 0.25) is 0 Å². The molecule has 0 bridgehead atoms. The van der Waals surface area contributed by atoms with Crippen LogP contribution in [0.2, 0.25) is 0 Å². The maximum atomic E-state index is 12.2. The van der Waals surface area contributed by atoms with Crippen LogP contribution >= 0.6 is 0 Å². The summed E-state index contributed by atoms with van der Waals surface area (Å²) < 4.78 is 5.54. The number of aliphatic hydroxyl groups excluding tert-OH is 1. The second-order valence-corrected chi connectivity index (χ2v) is 7.42. The average molecular weight is 410 g/mol. The van der Waals surface area contributed by atoms with Gasteiger partial charge >= 0.3 is 12.0 Å². The van der Waals surface area contributed by atoms with Crippen molar-refractivity contribution < 1.29 is 24.2 Å². The normalized spacial score (nSPS) is 15.8. The number of esters is 1. The number of anilines is 1. The fourth-order valence-corrected chi connectivity index (χ4v) is 3.64. The van der Waals surface area contributed by atoms with Crippen molar-refractivity contribution in [2.45, 2.75) is 51.0 Å². The molecule has 0 saturated heterocycles. The second kappa shape index (κ2) is 10.0. The quantitative estimate of drug-likeness (QED) is 0.330. The Balaban J connectivity index is 1.46. The molecule has 0 aliphatic heterocycles. The molecular formula is C23H26N2O5. The third-order valence-electron chi connectivity index (χ3n) is 5.09. The third kappa shape index (κ3) is 5.67. The van der Waals surface area contributed by atoms with Gasteiger partial charge in [0, 0.05) is 23.6 Å². The van der Waals surface area contributed by atoms with Crippen LogP contribution in [-0.2, 0) is 9.59 Å². The number of urea groups is 1. The number of allylic oxidation sites excluding steroid dienone is 1. The standard InChI is InChI=1S/C23H26N2O5/c24-23(29)25-19-11-12-21(18-9-6-5-8-17(18)19)30-22(28)10-4-2-1-3-7-15-13-16(26)14-20(15)27/h5-6,8-9,11-13,16,26H,1-4,7,10,14H2,(H3,24,25,29). The number of rotatable bonds is 9. The van der Waals surface area contributed by atoms with E-state index in [-0.39, 0.29) is 18.2 Å². The summed E-state index contributed by atoms with van der Waals surface area (Å²) in [5, 5.41) is 13.5. The monoisotopic (exact) mass is 410 g/mol. The highest BCUT2D eigenvalue weighted by atomic mass is 16.5. The number of hydrogen-bond acceptors (Lipinski definition) is 5. The van der Waals surface area contributed by atoms with Crippen LogP contribution in [0.5, 0.6) is 5.75 Å². The molecule has 1 unspecified atom stereocenters. The fourth-order valence-electron chi connectivity index (χ4n) is 3.64. The van der Waals surface area contributed by atoms with Crippen molar-refractivity contribution in [2.24, 2.45) is 5.73 Å². The number of aliphatic hydroxyl groups is 1. The van der Waals surface area contributed by atoms with E-state index in [2.05, 4.69) is 5.32 Å². The summed E-state index contributed by atoms with van der Waals surface area (Å²) in [4.78, 5) is 35.0. The number of hydrogen-bond donors (Lipinski definition) is 3. The molecule has 2 aromatic carbocycles. The third-order valence-corrected chi connectivity index (χ3v) is 5.09. The number of nitrogens with one attached hydrogen (secondary N) is 1. The molecule has 7 nitrogen and oxygen atoms in total. The Hall–Kier alpha value is -3.19. The van der Waals surface area contributed by atoms with Crippen LogP contribution in [0.4, 0.5) is 10.5 Å². The molecular weight excluding hydrogens is 384 g/mol. The lowest BCUT2D eigenvalue weighted by Gasteiger charge is -2.11. The van der Waals surface area contributed by atoms with Crippen LogP contribution in [0.3, 0.4) is 0 Å². The molecule has 4 N–H and O–H groups in total. The van der Waals surface area contributed by atoms with Crippen molar-refractivity contribution in [1.82, 2.24) is 0 Å². The lowest BCUT2D eigenvalue weighted by Crippen LogP contribution is -2.19. The number of unbranched alkanes of at least 4 members (excludes halogenated alkanes) is 3. The summed E-state index contributed by atoms with van der Waals surface area (Å²) >= 11 is 0. The molecule has 3 rings (SSSR count). The van der Waals surface area contributed by atoms with Gasteiger partial charge in [-0.05, 0) is 43.0 Å². The Kier molecular flexibility index (Phi) is 7.19. The number of primary amides is 1. The number of carbonyl (C=O) groups is 3. The number of ketones is 1. The molecule has 158 valence electrons. The summed E-state index contributed by atoms with van der Waals surface area (Å²) in [6.45, 7) is 0. The molecule has 1 aliphatic carbocycles. The molecule has 7 heteroatoms. The van der Waals surface area contributed by atoms with Gasteiger partial charge in [0.1, 0.15) is 5.75 Å². The van der Waals surface area contributed by atoms with Gasteiger partial charge in [0.25, 0.3) is 0 Å². The van der Waals surface area contributed by atoms with E-state index >= 15 is 0 Å². The summed E-state index contributed by atoms with van der Waals surface area (Å²) in [6.07, 6.45) is 5.54. The van der Waals surface area contributed by atoms with Crippen molar-refractivity contribution in [1.29, 1.82) is 0 Å². The Morgan fingerprint density at radius 2 is 1.80 bits per heavy atom. The Morgan fingerprint density at radius 3 is 2.50 bits per heavy atom. The number of ether oxygens (including phenoxy) is 1. The van der Waals surface area contributed by atoms with E-state index in [9.17, 15) is 19.5 Å². The Morgan fingerprint density at radius 1 is 1.07 bits per heavy atom. The summed E-state index contributed by atoms with van der Waals surface area (Å²) in [5.41, 5.74) is 6.49. The van der Waals surface area contributed by atoms with E-state index in [1.807, 2.05) is 24.3 Å². The van der Waals surface area contributed by atoms with E-state index in [0.717, 1.165) is 30.2 Å². The zero-order chi connectivity index (χ0) is 21.5. The first-order valence-electron chi connectivity index (χ1n) is 10.1. The summed E-state index contributed by atoms with van der Waals surface area (Å²) in [7, 11) is 0. The lowest BCUT2D eigenvalue weighted by molar-refractivity contribution is -0.134. The van der Waals surface area contributed by atoms with Crippen molar-refractivity contribution in [2.75, 3.05) is 5.32 Å². The van der Waals surface area contributed by atoms with Gasteiger partial charge in [0.15, 0.2) is 5.78 Å². The zero-order valence-electron chi connectivity index (χ0n) is 16.7. The number of Topliss-reactive ketones (excluding diaryl/α,β-unsaturated/α-hetero) is 1. The maximum absolute atomic E-state index is 12.2. The Bertz CT molecular complexity index is 983. The maximum Gasteiger partial charge on any atom is 0.316 e. The minimum absolute atomic E-state index is 0.0374. The highest BCUT2D eigenvalue weighted by Gasteiger charge is 2.21. The molecule has 1 atom stereocenters. The molecule has 30 heavy (non-hydrogen) atoms. The predicted octanol–water partition coefficient (Wildman–Crippen LogP) is 3.84. The van der Waals surface area contributed by atoms with Crippen molar-refractivity contribution >= 4 is 34.2 Å². The van der Waals surface area contributed by atoms with E-state index in [1.165, 1.54) is 0 Å². The Labute approximate surface area is 174 Å². The van der Waals surface area contributed by atoms with Gasteiger partial charge in [-0.15, -0.1) is 0 Å². The highest BCUT2D eigenvalue weighted by molar-refractivity contribution is 6.04. The molecule has 2 aromatic rings. The molecule has 2 amide bonds. The molecule has 0 radical (unpaired) electrons. The van der Waals surface area contributed by atoms with Crippen LogP contribution < -0.4 is 15.8 Å². The molecule has 0 aromatic heterocycles. The first-order valence-corrected chi connectivity index (χ1v) is 10.1. The second-order valence-electron chi connectivity index (χ2n) is 7.42. The van der Waals surface area contributed by atoms with Crippen LogP contribution in [0.1, 0.15) is 44.9 Å². The lowest BCUT2D eigenvalue weighted by atomic mass is 10.0. The molecule has 0 fully saturated rings. The largest absolute Gasteiger partial charge is 0.426 e. The minimum Gasteiger partial charge on any atom is -0.426 e. The van der Waals surface area contributed by atoms with Gasteiger partial charge in [-0.1, -0.05) is 37.1 Å². The van der Waals surface area contributed by atoms with Crippen molar-refractivity contribution in [3.8, 4) is 5.75 Å². The van der Waals surface area contributed by atoms with Crippen LogP contribution in [0.15, 0.2) is 48.0 Å². The fraction of sp³-hybridized carbons (Fsp3) is 0.348. The topological polar surface area (TPSA) is 119 Å². The SMILES string of the molecule is NC(=O)Nc1ccc(OC(=O)CCCCCCC2=CC(O)CC2=O)c2ccccc12. The van der Waals surface area contributed by atoms with Crippen molar-refractivity contribution in [3.05, 3.63) is 48.0 Å². The first-order chi connectivity index (χ1) is 14.4. The molecule has 0 heterocycles. The van der Waals surface area contributed by atoms with E-state index in [4.69, 9.17) is 10.5 Å².